The van der Waals surface area contributed by atoms with Crippen LogP contribution in [0.1, 0.15) is 16.8 Å². The maximum Gasteiger partial charge on any atom is 0.343 e. The maximum absolute atomic E-state index is 14.0. The first kappa shape index (κ1) is 24.5. The standard InChI is InChI=1S/C29H25N5O4/c1-38-24-14-12-20(13-15-24)26(31-17-16-21-18-30-19-32-21)25-27(35)33(22-8-4-2-5-9-22)29(37)34(28(25)36)23-10-6-3-7-11-23/h2-15,18-19,35H,16-17H2,1H3,(H,30,32). The van der Waals surface area contributed by atoms with Crippen molar-refractivity contribution >= 4 is 5.71 Å². The number of aromatic nitrogens is 4. The van der Waals surface area contributed by atoms with Gasteiger partial charge in [0.2, 0.25) is 5.88 Å². The molecule has 0 fully saturated rings. The number of methoxy groups -OCH3 is 1. The Morgan fingerprint density at radius 1 is 0.921 bits per heavy atom. The lowest BCUT2D eigenvalue weighted by Crippen LogP contribution is -2.41. The molecule has 0 atom stereocenters. The van der Waals surface area contributed by atoms with E-state index in [1.54, 1.807) is 105 Å². The molecular formula is C29H25N5O4. The van der Waals surface area contributed by atoms with Crippen LogP contribution in [-0.2, 0) is 6.42 Å². The average molecular weight is 508 g/mol. The van der Waals surface area contributed by atoms with Gasteiger partial charge in [-0.3, -0.25) is 9.79 Å². The average Bonchev–Trinajstić information content (AvgIpc) is 3.47. The summed E-state index contributed by atoms with van der Waals surface area (Å²) >= 11 is 0. The molecule has 38 heavy (non-hydrogen) atoms. The molecule has 0 saturated heterocycles. The molecule has 0 unspecified atom stereocenters. The molecular weight excluding hydrogens is 482 g/mol. The number of nitrogens with one attached hydrogen (secondary N) is 1. The number of para-hydroxylation sites is 2. The Bertz CT molecular complexity index is 1670. The second kappa shape index (κ2) is 10.8. The molecule has 0 bridgehead atoms. The number of rotatable bonds is 8. The second-order valence-corrected chi connectivity index (χ2v) is 8.41. The van der Waals surface area contributed by atoms with Gasteiger partial charge in [0, 0.05) is 30.4 Å². The van der Waals surface area contributed by atoms with E-state index in [-0.39, 0.29) is 11.3 Å². The van der Waals surface area contributed by atoms with Crippen LogP contribution in [0.3, 0.4) is 0 Å². The van der Waals surface area contributed by atoms with Crippen LogP contribution in [0.15, 0.2) is 112 Å². The van der Waals surface area contributed by atoms with Crippen LogP contribution < -0.4 is 16.0 Å². The minimum absolute atomic E-state index is 0.0907. The van der Waals surface area contributed by atoms with Gasteiger partial charge in [-0.2, -0.15) is 0 Å². The molecule has 0 saturated carbocycles. The number of ether oxygens (including phenoxy) is 1. The van der Waals surface area contributed by atoms with E-state index < -0.39 is 17.1 Å². The molecule has 2 aromatic heterocycles. The molecule has 3 aromatic carbocycles. The number of aromatic hydroxyl groups is 1. The Labute approximate surface area is 218 Å². The Balaban J connectivity index is 1.78. The lowest BCUT2D eigenvalue weighted by atomic mass is 10.0. The molecule has 0 aliphatic carbocycles. The summed E-state index contributed by atoms with van der Waals surface area (Å²) in [6, 6.07) is 24.3. The van der Waals surface area contributed by atoms with Crippen LogP contribution in [-0.4, -0.2) is 43.6 Å². The fraction of sp³-hybridized carbons (Fsp3) is 0.103. The summed E-state index contributed by atoms with van der Waals surface area (Å²) in [5.74, 6) is 0.139. The third-order valence-electron chi connectivity index (χ3n) is 6.07. The van der Waals surface area contributed by atoms with E-state index in [0.29, 0.717) is 35.7 Å². The first-order valence-corrected chi connectivity index (χ1v) is 12.0. The van der Waals surface area contributed by atoms with Crippen LogP contribution >= 0.6 is 0 Å². The molecule has 9 heteroatoms. The van der Waals surface area contributed by atoms with E-state index in [9.17, 15) is 14.7 Å². The molecule has 9 nitrogen and oxygen atoms in total. The predicted octanol–water partition coefficient (Wildman–Crippen LogP) is 3.51. The summed E-state index contributed by atoms with van der Waals surface area (Å²) in [4.78, 5) is 39.5. The zero-order valence-electron chi connectivity index (χ0n) is 20.6. The molecule has 2 N–H and O–H groups in total. The molecule has 0 aliphatic heterocycles. The Morgan fingerprint density at radius 2 is 1.55 bits per heavy atom. The highest BCUT2D eigenvalue weighted by atomic mass is 16.5. The van der Waals surface area contributed by atoms with Crippen molar-refractivity contribution in [3.05, 3.63) is 135 Å². The number of hydrogen-bond acceptors (Lipinski definition) is 6. The molecule has 5 rings (SSSR count). The minimum atomic E-state index is -0.694. The Morgan fingerprint density at radius 3 is 2.13 bits per heavy atom. The number of benzene rings is 3. The molecule has 2 heterocycles. The minimum Gasteiger partial charge on any atom is -0.497 e. The summed E-state index contributed by atoms with van der Waals surface area (Å²) in [7, 11) is 1.56. The van der Waals surface area contributed by atoms with Gasteiger partial charge in [0.05, 0.1) is 30.5 Å². The SMILES string of the molecule is COc1ccc(C(=NCCc2cnc[nH]2)c2c(O)n(-c3ccccc3)c(=O)n(-c3ccccc3)c2=O)cc1. The smallest absolute Gasteiger partial charge is 0.343 e. The van der Waals surface area contributed by atoms with Crippen molar-refractivity contribution in [2.45, 2.75) is 6.42 Å². The topological polar surface area (TPSA) is 114 Å². The van der Waals surface area contributed by atoms with Crippen LogP contribution in [0, 0.1) is 0 Å². The van der Waals surface area contributed by atoms with Gasteiger partial charge < -0.3 is 14.8 Å². The maximum atomic E-state index is 14.0. The van der Waals surface area contributed by atoms with Gasteiger partial charge in [-0.1, -0.05) is 36.4 Å². The van der Waals surface area contributed by atoms with Crippen molar-refractivity contribution in [3.8, 4) is 23.0 Å². The van der Waals surface area contributed by atoms with Crippen molar-refractivity contribution in [1.29, 1.82) is 0 Å². The highest BCUT2D eigenvalue weighted by Gasteiger charge is 2.25. The van der Waals surface area contributed by atoms with Crippen molar-refractivity contribution in [1.82, 2.24) is 19.1 Å². The highest BCUT2D eigenvalue weighted by Crippen LogP contribution is 2.23. The van der Waals surface area contributed by atoms with Gasteiger partial charge >= 0.3 is 5.69 Å². The number of aliphatic imine (C=N–C) groups is 1. The van der Waals surface area contributed by atoms with E-state index >= 15 is 0 Å². The van der Waals surface area contributed by atoms with E-state index in [4.69, 9.17) is 9.73 Å². The number of aromatic amines is 1. The Kier molecular flexibility index (Phi) is 6.99. The number of H-pyrrole nitrogens is 1. The van der Waals surface area contributed by atoms with E-state index in [2.05, 4.69) is 9.97 Å². The zero-order valence-corrected chi connectivity index (χ0v) is 20.6. The fourth-order valence-corrected chi connectivity index (χ4v) is 4.19. The summed E-state index contributed by atoms with van der Waals surface area (Å²) in [6.07, 6.45) is 3.83. The van der Waals surface area contributed by atoms with Crippen molar-refractivity contribution in [2.75, 3.05) is 13.7 Å². The summed E-state index contributed by atoms with van der Waals surface area (Å²) in [5.41, 5.74) is 1.04. The second-order valence-electron chi connectivity index (χ2n) is 8.41. The largest absolute Gasteiger partial charge is 0.497 e. The Hall–Kier alpha value is -5.18. The molecule has 0 radical (unpaired) electrons. The van der Waals surface area contributed by atoms with E-state index in [0.717, 1.165) is 14.8 Å². The summed E-state index contributed by atoms with van der Waals surface area (Å²) in [6.45, 7) is 0.304. The number of nitrogens with zero attached hydrogens (tertiary/aromatic N) is 4. The van der Waals surface area contributed by atoms with Gasteiger partial charge in [-0.05, 0) is 48.5 Å². The molecule has 0 amide bonds. The third kappa shape index (κ3) is 4.77. The van der Waals surface area contributed by atoms with Crippen molar-refractivity contribution in [2.24, 2.45) is 4.99 Å². The zero-order chi connectivity index (χ0) is 26.5. The van der Waals surface area contributed by atoms with E-state index in [1.807, 2.05) is 0 Å². The van der Waals surface area contributed by atoms with Crippen molar-refractivity contribution < 1.29 is 9.84 Å². The summed E-state index contributed by atoms with van der Waals surface area (Å²) < 4.78 is 7.46. The lowest BCUT2D eigenvalue weighted by molar-refractivity contribution is 0.415. The van der Waals surface area contributed by atoms with Crippen LogP contribution in [0.2, 0.25) is 0 Å². The molecule has 5 aromatic rings. The number of imidazole rings is 1. The first-order valence-electron chi connectivity index (χ1n) is 12.0. The van der Waals surface area contributed by atoms with Gasteiger partial charge in [-0.15, -0.1) is 0 Å². The van der Waals surface area contributed by atoms with Crippen LogP contribution in [0.25, 0.3) is 11.4 Å². The van der Waals surface area contributed by atoms with Gasteiger partial charge in [-0.25, -0.2) is 18.9 Å². The predicted molar refractivity (Wildman–Crippen MR) is 145 cm³/mol. The quantitative estimate of drug-likeness (QED) is 0.312. The van der Waals surface area contributed by atoms with Gasteiger partial charge in [0.25, 0.3) is 5.56 Å². The molecule has 0 spiro atoms. The molecule has 0 aliphatic rings. The normalized spacial score (nSPS) is 11.4. The monoisotopic (exact) mass is 507 g/mol. The van der Waals surface area contributed by atoms with Gasteiger partial charge in [0.1, 0.15) is 11.3 Å². The lowest BCUT2D eigenvalue weighted by Gasteiger charge is -2.17. The third-order valence-corrected chi connectivity index (χ3v) is 6.07. The highest BCUT2D eigenvalue weighted by molar-refractivity contribution is 6.14. The van der Waals surface area contributed by atoms with Gasteiger partial charge in [0.15, 0.2) is 0 Å². The van der Waals surface area contributed by atoms with Crippen LogP contribution in [0.5, 0.6) is 11.6 Å². The van der Waals surface area contributed by atoms with E-state index in [1.165, 1.54) is 0 Å². The summed E-state index contributed by atoms with van der Waals surface area (Å²) in [5, 5.41) is 11.5. The number of hydrogen-bond donors (Lipinski definition) is 2. The fourth-order valence-electron chi connectivity index (χ4n) is 4.19. The molecule has 190 valence electrons. The first-order chi connectivity index (χ1) is 18.6. The van der Waals surface area contributed by atoms with Crippen LogP contribution in [0.4, 0.5) is 0 Å². The van der Waals surface area contributed by atoms with Crippen molar-refractivity contribution in [3.63, 3.8) is 0 Å².